The summed E-state index contributed by atoms with van der Waals surface area (Å²) in [6, 6.07) is 9.28. The zero-order chi connectivity index (χ0) is 11.5. The molecule has 1 N–H and O–H groups in total. The summed E-state index contributed by atoms with van der Waals surface area (Å²) >= 11 is 0. The molecule has 84 valence electrons. The largest absolute Gasteiger partial charge is 0.496 e. The van der Waals surface area contributed by atoms with Gasteiger partial charge in [-0.1, -0.05) is 30.3 Å². The molecule has 0 saturated heterocycles. The van der Waals surface area contributed by atoms with Crippen LogP contribution in [0, 0.1) is 0 Å². The van der Waals surface area contributed by atoms with Crippen LogP contribution in [0.15, 0.2) is 41.7 Å². The molecule has 1 aromatic rings. The number of benzene rings is 1. The molecule has 0 aromatic heterocycles. The first kappa shape index (κ1) is 10.7. The van der Waals surface area contributed by atoms with Gasteiger partial charge < -0.3 is 14.6 Å². The smallest absolute Gasteiger partial charge is 0.341 e. The maximum Gasteiger partial charge on any atom is 0.341 e. The van der Waals surface area contributed by atoms with E-state index in [0.717, 1.165) is 5.56 Å². The van der Waals surface area contributed by atoms with E-state index < -0.39 is 12.1 Å². The molecular formula is C12H12O4. The lowest BCUT2D eigenvalue weighted by molar-refractivity contribution is -0.140. The Morgan fingerprint density at radius 1 is 1.38 bits per heavy atom. The predicted molar refractivity (Wildman–Crippen MR) is 56.4 cm³/mol. The highest BCUT2D eigenvalue weighted by atomic mass is 16.6. The van der Waals surface area contributed by atoms with Gasteiger partial charge in [-0.25, -0.2) is 4.79 Å². The number of hydrogen-bond acceptors (Lipinski definition) is 4. The van der Waals surface area contributed by atoms with Crippen molar-refractivity contribution in [2.45, 2.75) is 6.10 Å². The van der Waals surface area contributed by atoms with Crippen molar-refractivity contribution in [2.75, 3.05) is 13.7 Å². The van der Waals surface area contributed by atoms with Crippen LogP contribution < -0.4 is 0 Å². The average Bonchev–Trinajstić information content (AvgIpc) is 2.66. The number of methoxy groups -OCH3 is 1. The van der Waals surface area contributed by atoms with Gasteiger partial charge in [0.2, 0.25) is 0 Å². The predicted octanol–water partition coefficient (Wildman–Crippen LogP) is 1.18. The maximum atomic E-state index is 11.4. The van der Waals surface area contributed by atoms with Crippen molar-refractivity contribution < 1.29 is 19.4 Å². The second-order valence-electron chi connectivity index (χ2n) is 3.40. The van der Waals surface area contributed by atoms with E-state index in [1.807, 2.05) is 30.3 Å². The molecule has 1 heterocycles. The van der Waals surface area contributed by atoms with Crippen molar-refractivity contribution in [1.82, 2.24) is 0 Å². The molecule has 0 bridgehead atoms. The molecule has 1 atom stereocenters. The van der Waals surface area contributed by atoms with Crippen molar-refractivity contribution in [3.8, 4) is 0 Å². The maximum absolute atomic E-state index is 11.4. The van der Waals surface area contributed by atoms with Gasteiger partial charge in [0.15, 0.2) is 11.9 Å². The molecule has 16 heavy (non-hydrogen) atoms. The summed E-state index contributed by atoms with van der Waals surface area (Å²) in [5, 5.41) is 9.06. The van der Waals surface area contributed by atoms with Crippen molar-refractivity contribution in [3.63, 3.8) is 0 Å². The van der Waals surface area contributed by atoms with Crippen LogP contribution in [0.25, 0.3) is 0 Å². The van der Waals surface area contributed by atoms with Crippen molar-refractivity contribution in [1.29, 1.82) is 0 Å². The molecule has 1 unspecified atom stereocenters. The van der Waals surface area contributed by atoms with E-state index in [-0.39, 0.29) is 12.2 Å². The third kappa shape index (κ3) is 1.67. The highest BCUT2D eigenvalue weighted by molar-refractivity contribution is 5.92. The molecule has 0 radical (unpaired) electrons. The Hall–Kier alpha value is -1.81. The zero-order valence-corrected chi connectivity index (χ0v) is 8.84. The summed E-state index contributed by atoms with van der Waals surface area (Å²) < 4.78 is 10.3. The Morgan fingerprint density at radius 3 is 2.62 bits per heavy atom. The molecule has 0 saturated carbocycles. The molecule has 0 amide bonds. The molecule has 0 aliphatic carbocycles. The van der Waals surface area contributed by atoms with Crippen molar-refractivity contribution in [2.24, 2.45) is 0 Å². The van der Waals surface area contributed by atoms with E-state index in [0.29, 0.717) is 5.76 Å². The van der Waals surface area contributed by atoms with Gasteiger partial charge in [-0.15, -0.1) is 0 Å². The van der Waals surface area contributed by atoms with Gasteiger partial charge in [-0.05, 0) is 0 Å². The first-order valence-electron chi connectivity index (χ1n) is 4.91. The minimum absolute atomic E-state index is 0.191. The Labute approximate surface area is 93.1 Å². The van der Waals surface area contributed by atoms with Crippen LogP contribution in [0.3, 0.4) is 0 Å². The van der Waals surface area contributed by atoms with Crippen molar-refractivity contribution in [3.05, 3.63) is 47.2 Å². The summed E-state index contributed by atoms with van der Waals surface area (Å²) in [6.07, 6.45) is -0.541. The number of hydrogen-bond donors (Lipinski definition) is 1. The Bertz CT molecular complexity index is 422. The fourth-order valence-corrected chi connectivity index (χ4v) is 1.71. The zero-order valence-electron chi connectivity index (χ0n) is 8.84. The van der Waals surface area contributed by atoms with E-state index in [1.54, 1.807) is 0 Å². The highest BCUT2D eigenvalue weighted by Crippen LogP contribution is 2.34. The van der Waals surface area contributed by atoms with E-state index in [4.69, 9.17) is 14.6 Å². The standard InChI is InChI=1S/C12H12O4/c1-15-11-9(7-13)12(14)16-10(11)8-5-3-2-4-6-8/h2-6,10,13H,7H2,1H3. The lowest BCUT2D eigenvalue weighted by atomic mass is 10.1. The summed E-state index contributed by atoms with van der Waals surface area (Å²) in [4.78, 5) is 11.4. The number of cyclic esters (lactones) is 1. The normalized spacial score (nSPS) is 19.9. The van der Waals surface area contributed by atoms with E-state index >= 15 is 0 Å². The fraction of sp³-hybridized carbons (Fsp3) is 0.250. The molecule has 1 aliphatic heterocycles. The number of rotatable bonds is 3. The van der Waals surface area contributed by atoms with Gasteiger partial charge in [0.25, 0.3) is 0 Å². The molecule has 0 fully saturated rings. The fourth-order valence-electron chi connectivity index (χ4n) is 1.71. The third-order valence-corrected chi connectivity index (χ3v) is 2.49. The van der Waals surface area contributed by atoms with E-state index in [2.05, 4.69) is 0 Å². The summed E-state index contributed by atoms with van der Waals surface area (Å²) in [5.41, 5.74) is 1.02. The molecule has 4 nitrogen and oxygen atoms in total. The van der Waals surface area contributed by atoms with Gasteiger partial charge >= 0.3 is 5.97 Å². The number of ether oxygens (including phenoxy) is 2. The van der Waals surface area contributed by atoms with Crippen LogP contribution in [0.1, 0.15) is 11.7 Å². The van der Waals surface area contributed by atoms with Crippen LogP contribution in [0.5, 0.6) is 0 Å². The quantitative estimate of drug-likeness (QED) is 0.777. The number of carbonyl (C=O) groups is 1. The number of aliphatic hydroxyl groups is 1. The summed E-state index contributed by atoms with van der Waals surface area (Å²) in [7, 11) is 1.46. The van der Waals surface area contributed by atoms with Crippen LogP contribution in [-0.2, 0) is 14.3 Å². The van der Waals surface area contributed by atoms with E-state index in [9.17, 15) is 4.79 Å². The lowest BCUT2D eigenvalue weighted by Gasteiger charge is -2.13. The molecule has 2 rings (SSSR count). The van der Waals surface area contributed by atoms with Crippen LogP contribution in [0.2, 0.25) is 0 Å². The lowest BCUT2D eigenvalue weighted by Crippen LogP contribution is -2.04. The second kappa shape index (κ2) is 4.37. The Kier molecular flexibility index (Phi) is 2.92. The van der Waals surface area contributed by atoms with E-state index in [1.165, 1.54) is 7.11 Å². The minimum atomic E-state index is -0.541. The SMILES string of the molecule is COC1=C(CO)C(=O)OC1c1ccccc1. The Balaban J connectivity index is 2.38. The first-order valence-corrected chi connectivity index (χ1v) is 4.91. The second-order valence-corrected chi connectivity index (χ2v) is 3.40. The van der Waals surface area contributed by atoms with Crippen LogP contribution >= 0.6 is 0 Å². The third-order valence-electron chi connectivity index (χ3n) is 2.49. The van der Waals surface area contributed by atoms with Gasteiger partial charge in [-0.2, -0.15) is 0 Å². The molecule has 0 spiro atoms. The topological polar surface area (TPSA) is 55.8 Å². The highest BCUT2D eigenvalue weighted by Gasteiger charge is 2.35. The van der Waals surface area contributed by atoms with Gasteiger partial charge in [0, 0.05) is 5.56 Å². The molecule has 4 heteroatoms. The summed E-state index contributed by atoms with van der Waals surface area (Å²) in [6.45, 7) is -0.370. The van der Waals surface area contributed by atoms with Gasteiger partial charge in [0.05, 0.1) is 13.7 Å². The number of esters is 1. The minimum Gasteiger partial charge on any atom is -0.496 e. The summed E-state index contributed by atoms with van der Waals surface area (Å²) in [5.74, 6) is -0.132. The average molecular weight is 220 g/mol. The number of aliphatic hydroxyl groups excluding tert-OH is 1. The molecular weight excluding hydrogens is 208 g/mol. The van der Waals surface area contributed by atoms with Crippen LogP contribution in [0.4, 0.5) is 0 Å². The van der Waals surface area contributed by atoms with Gasteiger partial charge in [-0.3, -0.25) is 0 Å². The van der Waals surface area contributed by atoms with Gasteiger partial charge in [0.1, 0.15) is 5.57 Å². The first-order chi connectivity index (χ1) is 7.77. The number of carbonyl (C=O) groups excluding carboxylic acids is 1. The molecule has 1 aliphatic rings. The Morgan fingerprint density at radius 2 is 2.06 bits per heavy atom. The molecule has 1 aromatic carbocycles. The van der Waals surface area contributed by atoms with Crippen molar-refractivity contribution >= 4 is 5.97 Å². The monoisotopic (exact) mass is 220 g/mol. The van der Waals surface area contributed by atoms with Crippen LogP contribution in [-0.4, -0.2) is 24.8 Å².